The van der Waals surface area contributed by atoms with Gasteiger partial charge >= 0.3 is 0 Å². The minimum Gasteiger partial charge on any atom is -0.326 e. The van der Waals surface area contributed by atoms with E-state index in [-0.39, 0.29) is 22.9 Å². The number of nitrogens with zero attached hydrogens (tertiary/aromatic N) is 2. The minimum atomic E-state index is -0.181. The van der Waals surface area contributed by atoms with Gasteiger partial charge in [0.1, 0.15) is 10.9 Å². The number of aromatic nitrogens is 2. The molecule has 2 aromatic heterocycles. The van der Waals surface area contributed by atoms with Crippen LogP contribution in [-0.2, 0) is 17.6 Å². The summed E-state index contributed by atoms with van der Waals surface area (Å²) < 4.78 is 0. The predicted octanol–water partition coefficient (Wildman–Crippen LogP) is 4.13. The zero-order valence-electron chi connectivity index (χ0n) is 16.2. The number of H-pyrrole nitrogens is 1. The van der Waals surface area contributed by atoms with Crippen molar-refractivity contribution in [2.75, 3.05) is 5.32 Å². The van der Waals surface area contributed by atoms with Crippen molar-refractivity contribution in [2.45, 2.75) is 33.1 Å². The van der Waals surface area contributed by atoms with E-state index >= 15 is 0 Å². The van der Waals surface area contributed by atoms with E-state index in [1.54, 1.807) is 41.7 Å². The van der Waals surface area contributed by atoms with Gasteiger partial charge in [-0.25, -0.2) is 4.98 Å². The van der Waals surface area contributed by atoms with Gasteiger partial charge in [-0.15, -0.1) is 11.3 Å². The zero-order valence-corrected chi connectivity index (χ0v) is 17.0. The van der Waals surface area contributed by atoms with E-state index < -0.39 is 0 Å². The largest absolute Gasteiger partial charge is 0.326 e. The third-order valence-electron chi connectivity index (χ3n) is 5.08. The van der Waals surface area contributed by atoms with E-state index in [0.717, 1.165) is 30.4 Å². The number of hydrogen-bond donors (Lipinski definition) is 2. The summed E-state index contributed by atoms with van der Waals surface area (Å²) >= 11 is 1.57. The Hall–Kier alpha value is -3.24. The van der Waals surface area contributed by atoms with Crippen LogP contribution in [0.4, 0.5) is 5.69 Å². The molecule has 0 fully saturated rings. The summed E-state index contributed by atoms with van der Waals surface area (Å²) in [5, 5.41) is 13.0. The number of anilines is 1. The number of thiophene rings is 1. The number of carbonyl (C=O) groups excluding carboxylic acids is 1. The number of fused-ring (bicyclic) bond motifs is 3. The van der Waals surface area contributed by atoms with Crippen molar-refractivity contribution in [3.63, 3.8) is 0 Å². The summed E-state index contributed by atoms with van der Waals surface area (Å²) in [6.07, 6.45) is 4.64. The van der Waals surface area contributed by atoms with Gasteiger partial charge in [0.15, 0.2) is 5.82 Å². The van der Waals surface area contributed by atoms with E-state index in [2.05, 4.69) is 28.3 Å². The van der Waals surface area contributed by atoms with Crippen LogP contribution in [0.15, 0.2) is 29.1 Å². The molecule has 29 heavy (non-hydrogen) atoms. The molecule has 2 N–H and O–H groups in total. The smallest absolute Gasteiger partial charge is 0.260 e. The molecular weight excluding hydrogens is 384 g/mol. The Morgan fingerprint density at radius 2 is 2.14 bits per heavy atom. The van der Waals surface area contributed by atoms with E-state index in [9.17, 15) is 14.9 Å². The monoisotopic (exact) mass is 404 g/mol. The lowest BCUT2D eigenvalue weighted by Crippen LogP contribution is -2.14. The molecule has 0 radical (unpaired) electrons. The molecule has 1 aliphatic rings. The minimum absolute atomic E-state index is 0.144. The van der Waals surface area contributed by atoms with Crippen molar-refractivity contribution in [3.05, 3.63) is 56.4 Å². The van der Waals surface area contributed by atoms with Crippen LogP contribution >= 0.6 is 11.3 Å². The Kier molecular flexibility index (Phi) is 5.03. The Morgan fingerprint density at radius 1 is 1.38 bits per heavy atom. The average Bonchev–Trinajstić information content (AvgIpc) is 3.04. The Morgan fingerprint density at radius 3 is 2.83 bits per heavy atom. The number of hydrogen-bond acceptors (Lipinski definition) is 5. The third kappa shape index (κ3) is 3.84. The maximum atomic E-state index is 12.8. The van der Waals surface area contributed by atoms with Crippen molar-refractivity contribution in [3.8, 4) is 6.07 Å². The van der Waals surface area contributed by atoms with Crippen LogP contribution in [0.1, 0.15) is 42.1 Å². The highest BCUT2D eigenvalue weighted by Gasteiger charge is 2.23. The number of carbonyl (C=O) groups is 1. The quantitative estimate of drug-likeness (QED) is 0.641. The van der Waals surface area contributed by atoms with Crippen molar-refractivity contribution >= 4 is 44.8 Å². The number of nitrogens with one attached hydrogen (secondary N) is 2. The highest BCUT2D eigenvalue weighted by molar-refractivity contribution is 7.18. The molecule has 1 atom stereocenters. The molecule has 7 heteroatoms. The molecule has 1 aliphatic carbocycles. The van der Waals surface area contributed by atoms with Crippen molar-refractivity contribution in [1.82, 2.24) is 9.97 Å². The summed E-state index contributed by atoms with van der Waals surface area (Å²) in [5.41, 5.74) is 2.69. The Balaban J connectivity index is 1.72. The predicted molar refractivity (Wildman–Crippen MR) is 116 cm³/mol. The van der Waals surface area contributed by atoms with Crippen LogP contribution in [0.2, 0.25) is 0 Å². The molecule has 146 valence electrons. The van der Waals surface area contributed by atoms with Crippen LogP contribution in [0, 0.1) is 17.2 Å². The summed E-state index contributed by atoms with van der Waals surface area (Å²) in [4.78, 5) is 33.2. The Labute approximate surface area is 171 Å². The lowest BCUT2D eigenvalue weighted by molar-refractivity contribution is -0.114. The van der Waals surface area contributed by atoms with Crippen molar-refractivity contribution < 1.29 is 4.79 Å². The summed E-state index contributed by atoms with van der Waals surface area (Å²) in [7, 11) is 0. The first kappa shape index (κ1) is 19.1. The number of amides is 1. The van der Waals surface area contributed by atoms with Crippen LogP contribution < -0.4 is 10.9 Å². The van der Waals surface area contributed by atoms with Gasteiger partial charge in [0, 0.05) is 17.5 Å². The first-order chi connectivity index (χ1) is 13.9. The van der Waals surface area contributed by atoms with E-state index in [4.69, 9.17) is 0 Å². The number of aryl methyl sites for hydroxylation is 1. The highest BCUT2D eigenvalue weighted by atomic mass is 32.1. The number of nitriles is 1. The standard InChI is InChI=1S/C22H20N4O2S/c1-12-3-8-17-18(9-12)29-22-19(17)21(28)25-20(26-22)15(11-23)10-14-4-6-16(7-5-14)24-13(2)27/h4-7,10,12H,3,8-9H2,1-2H3,(H,24,27)(H,25,26,28)/b15-10+. The molecule has 1 aromatic carbocycles. The molecular formula is C22H20N4O2S. The molecule has 1 unspecified atom stereocenters. The lowest BCUT2D eigenvalue weighted by Gasteiger charge is -2.17. The maximum absolute atomic E-state index is 12.8. The average molecular weight is 404 g/mol. The molecule has 1 amide bonds. The van der Waals surface area contributed by atoms with Crippen molar-refractivity contribution in [2.24, 2.45) is 5.92 Å². The Bertz CT molecular complexity index is 1230. The topological polar surface area (TPSA) is 98.6 Å². The lowest BCUT2D eigenvalue weighted by atomic mass is 9.89. The van der Waals surface area contributed by atoms with Gasteiger partial charge in [-0.3, -0.25) is 9.59 Å². The molecule has 0 saturated carbocycles. The van der Waals surface area contributed by atoms with Crippen LogP contribution in [0.3, 0.4) is 0 Å². The fraction of sp³-hybridized carbons (Fsp3) is 0.273. The fourth-order valence-electron chi connectivity index (χ4n) is 3.66. The van der Waals surface area contributed by atoms with Crippen LogP contribution in [0.25, 0.3) is 21.9 Å². The van der Waals surface area contributed by atoms with Crippen molar-refractivity contribution in [1.29, 1.82) is 5.26 Å². The first-order valence-electron chi connectivity index (χ1n) is 9.49. The molecule has 6 nitrogen and oxygen atoms in total. The van der Waals surface area contributed by atoms with Crippen LogP contribution in [-0.4, -0.2) is 15.9 Å². The second-order valence-corrected chi connectivity index (χ2v) is 8.50. The summed E-state index contributed by atoms with van der Waals surface area (Å²) in [5.74, 6) is 0.751. The van der Waals surface area contributed by atoms with Gasteiger partial charge in [-0.05, 0) is 54.5 Å². The van der Waals surface area contributed by atoms with E-state index in [1.807, 2.05) is 0 Å². The summed E-state index contributed by atoms with van der Waals surface area (Å²) in [6, 6.07) is 9.25. The second-order valence-electron chi connectivity index (χ2n) is 7.42. The van der Waals surface area contributed by atoms with Crippen LogP contribution in [0.5, 0.6) is 0 Å². The molecule has 0 aliphatic heterocycles. The molecule has 0 spiro atoms. The molecule has 0 saturated heterocycles. The molecule has 3 aromatic rings. The van der Waals surface area contributed by atoms with Gasteiger partial charge < -0.3 is 10.3 Å². The zero-order chi connectivity index (χ0) is 20.5. The van der Waals surface area contributed by atoms with Gasteiger partial charge in [0.2, 0.25) is 5.91 Å². The van der Waals surface area contributed by atoms with Gasteiger partial charge in [-0.1, -0.05) is 19.1 Å². The number of rotatable bonds is 3. The second kappa shape index (κ2) is 7.64. The highest BCUT2D eigenvalue weighted by Crippen LogP contribution is 2.35. The normalized spacial score (nSPS) is 16.3. The molecule has 0 bridgehead atoms. The van der Waals surface area contributed by atoms with E-state index in [0.29, 0.717) is 21.8 Å². The fourth-order valence-corrected chi connectivity index (χ4v) is 5.05. The molecule has 2 heterocycles. The van der Waals surface area contributed by atoms with Gasteiger partial charge in [0.25, 0.3) is 5.56 Å². The number of aromatic amines is 1. The molecule has 4 rings (SSSR count). The number of allylic oxidation sites excluding steroid dienone is 1. The third-order valence-corrected chi connectivity index (χ3v) is 6.23. The van der Waals surface area contributed by atoms with Gasteiger partial charge in [-0.2, -0.15) is 5.26 Å². The SMILES string of the molecule is CC(=O)Nc1ccc(/C=C(\C#N)c2nc3sc4c(c3c(=O)[nH]2)CCC(C)C4)cc1. The summed E-state index contributed by atoms with van der Waals surface area (Å²) in [6.45, 7) is 3.67. The van der Waals surface area contributed by atoms with E-state index in [1.165, 1.54) is 11.8 Å². The maximum Gasteiger partial charge on any atom is 0.260 e. The number of benzene rings is 1. The van der Waals surface area contributed by atoms with Gasteiger partial charge in [0.05, 0.1) is 11.0 Å². The first-order valence-corrected chi connectivity index (χ1v) is 10.3.